The molecule has 8 nitrogen and oxygen atoms in total. The normalized spacial score (nSPS) is 15.7. The zero-order valence-electron chi connectivity index (χ0n) is 18.2. The van der Waals surface area contributed by atoms with Gasteiger partial charge in [-0.1, -0.05) is 23.7 Å². The summed E-state index contributed by atoms with van der Waals surface area (Å²) >= 11 is 6.07. The first-order chi connectivity index (χ1) is 16.0. The number of anilines is 1. The summed E-state index contributed by atoms with van der Waals surface area (Å²) in [5.74, 6) is -0.0201. The number of nitrogens with zero attached hydrogens (tertiary/aromatic N) is 2. The van der Waals surface area contributed by atoms with Gasteiger partial charge in [-0.15, -0.1) is 0 Å². The highest BCUT2D eigenvalue weighted by Crippen LogP contribution is 2.33. The SMILES string of the molecule is O=C(CN1C(=O)COc2ccc(C(=O)COc3ccccc3Cl)cc21)NCCN1CCCC1. The van der Waals surface area contributed by atoms with Crippen LogP contribution >= 0.6 is 11.6 Å². The lowest BCUT2D eigenvalue weighted by atomic mass is 10.1. The van der Waals surface area contributed by atoms with Gasteiger partial charge in [0.05, 0.1) is 10.7 Å². The first-order valence-corrected chi connectivity index (χ1v) is 11.4. The fourth-order valence-corrected chi connectivity index (χ4v) is 4.09. The lowest BCUT2D eigenvalue weighted by molar-refractivity contribution is -0.125. The lowest BCUT2D eigenvalue weighted by Gasteiger charge is -2.29. The van der Waals surface area contributed by atoms with Crippen molar-refractivity contribution in [1.29, 1.82) is 0 Å². The monoisotopic (exact) mass is 471 g/mol. The van der Waals surface area contributed by atoms with Crippen molar-refractivity contribution in [3.8, 4) is 11.5 Å². The van der Waals surface area contributed by atoms with Crippen molar-refractivity contribution in [3.05, 3.63) is 53.1 Å². The molecule has 0 saturated carbocycles. The van der Waals surface area contributed by atoms with Crippen molar-refractivity contribution < 1.29 is 23.9 Å². The van der Waals surface area contributed by atoms with Crippen molar-refractivity contribution in [2.24, 2.45) is 0 Å². The summed E-state index contributed by atoms with van der Waals surface area (Å²) in [6.07, 6.45) is 2.38. The molecular weight excluding hydrogens is 446 g/mol. The zero-order valence-corrected chi connectivity index (χ0v) is 19.0. The van der Waals surface area contributed by atoms with Gasteiger partial charge in [-0.05, 0) is 56.3 Å². The van der Waals surface area contributed by atoms with Crippen LogP contribution in [0.4, 0.5) is 5.69 Å². The highest BCUT2D eigenvalue weighted by Gasteiger charge is 2.28. The highest BCUT2D eigenvalue weighted by atomic mass is 35.5. The number of Topliss-reactive ketones (excluding diaryl/α,β-unsaturated/α-hetero) is 1. The second-order valence-corrected chi connectivity index (χ2v) is 8.40. The molecule has 2 heterocycles. The minimum atomic E-state index is -0.339. The molecule has 2 aliphatic heterocycles. The van der Waals surface area contributed by atoms with Crippen LogP contribution < -0.4 is 19.7 Å². The Morgan fingerprint density at radius 3 is 2.70 bits per heavy atom. The Kier molecular flexibility index (Phi) is 7.47. The lowest BCUT2D eigenvalue weighted by Crippen LogP contribution is -2.46. The number of amides is 2. The van der Waals surface area contributed by atoms with Gasteiger partial charge in [0, 0.05) is 18.7 Å². The van der Waals surface area contributed by atoms with E-state index in [9.17, 15) is 14.4 Å². The second-order valence-electron chi connectivity index (χ2n) is 7.99. The molecule has 0 atom stereocenters. The van der Waals surface area contributed by atoms with E-state index >= 15 is 0 Å². The van der Waals surface area contributed by atoms with E-state index in [4.69, 9.17) is 21.1 Å². The van der Waals surface area contributed by atoms with Gasteiger partial charge >= 0.3 is 0 Å². The molecule has 0 spiro atoms. The Bertz CT molecular complexity index is 1040. The van der Waals surface area contributed by atoms with Crippen molar-refractivity contribution >= 4 is 34.9 Å². The van der Waals surface area contributed by atoms with Gasteiger partial charge in [-0.2, -0.15) is 0 Å². The van der Waals surface area contributed by atoms with Gasteiger partial charge in [0.25, 0.3) is 5.91 Å². The average Bonchev–Trinajstić information content (AvgIpc) is 3.33. The Labute approximate surface area is 197 Å². The Morgan fingerprint density at radius 1 is 1.12 bits per heavy atom. The molecule has 1 saturated heterocycles. The number of carbonyl (C=O) groups excluding carboxylic acids is 3. The van der Waals surface area contributed by atoms with Crippen LogP contribution in [0.25, 0.3) is 0 Å². The predicted octanol–water partition coefficient (Wildman–Crippen LogP) is 2.54. The van der Waals surface area contributed by atoms with E-state index in [2.05, 4.69) is 10.2 Å². The molecule has 1 fully saturated rings. The summed E-state index contributed by atoms with van der Waals surface area (Å²) in [6.45, 7) is 2.93. The van der Waals surface area contributed by atoms with Gasteiger partial charge in [0.2, 0.25) is 5.91 Å². The smallest absolute Gasteiger partial charge is 0.265 e. The third-order valence-electron chi connectivity index (χ3n) is 5.67. The van der Waals surface area contributed by atoms with E-state index in [1.807, 2.05) is 0 Å². The van der Waals surface area contributed by atoms with Crippen LogP contribution in [0.15, 0.2) is 42.5 Å². The number of fused-ring (bicyclic) bond motifs is 1. The number of rotatable bonds is 9. The van der Waals surface area contributed by atoms with E-state index in [0.29, 0.717) is 34.3 Å². The number of carbonyl (C=O) groups is 3. The third-order valence-corrected chi connectivity index (χ3v) is 5.98. The number of nitrogens with one attached hydrogen (secondary N) is 1. The minimum absolute atomic E-state index is 0.136. The number of benzene rings is 2. The Balaban J connectivity index is 1.39. The number of hydrogen-bond acceptors (Lipinski definition) is 6. The number of halogens is 1. The molecular formula is C24H26ClN3O5. The summed E-state index contributed by atoms with van der Waals surface area (Å²) in [7, 11) is 0. The van der Waals surface area contributed by atoms with E-state index in [-0.39, 0.29) is 37.4 Å². The van der Waals surface area contributed by atoms with E-state index in [1.165, 1.54) is 17.7 Å². The second kappa shape index (κ2) is 10.7. The van der Waals surface area contributed by atoms with Crippen molar-refractivity contribution in [2.45, 2.75) is 12.8 Å². The van der Waals surface area contributed by atoms with E-state index < -0.39 is 0 Å². The molecule has 1 N–H and O–H groups in total. The molecule has 33 heavy (non-hydrogen) atoms. The maximum Gasteiger partial charge on any atom is 0.265 e. The van der Waals surface area contributed by atoms with Crippen LogP contribution in [-0.2, 0) is 9.59 Å². The van der Waals surface area contributed by atoms with Crippen molar-refractivity contribution in [3.63, 3.8) is 0 Å². The molecule has 2 aromatic carbocycles. The first kappa shape index (κ1) is 23.1. The fourth-order valence-electron chi connectivity index (χ4n) is 3.90. The fraction of sp³-hybridized carbons (Fsp3) is 0.375. The number of hydrogen-bond donors (Lipinski definition) is 1. The molecule has 0 aromatic heterocycles. The number of para-hydroxylation sites is 1. The molecule has 4 rings (SSSR count). The largest absolute Gasteiger partial charge is 0.484 e. The van der Waals surface area contributed by atoms with Crippen LogP contribution in [-0.4, -0.2) is 68.4 Å². The number of likely N-dealkylation sites (tertiary alicyclic amines) is 1. The first-order valence-electron chi connectivity index (χ1n) is 11.0. The Morgan fingerprint density at radius 2 is 1.91 bits per heavy atom. The van der Waals surface area contributed by atoms with Gasteiger partial charge in [-0.25, -0.2) is 0 Å². The molecule has 2 aliphatic rings. The van der Waals surface area contributed by atoms with Gasteiger partial charge in [0.1, 0.15) is 18.0 Å². The maximum atomic E-state index is 12.7. The van der Waals surface area contributed by atoms with Crippen LogP contribution in [0.2, 0.25) is 5.02 Å². The number of ketones is 1. The van der Waals surface area contributed by atoms with E-state index in [1.54, 1.807) is 42.5 Å². The van der Waals surface area contributed by atoms with Crippen LogP contribution in [0.3, 0.4) is 0 Å². The molecule has 0 bridgehead atoms. The Hall–Kier alpha value is -3.10. The summed E-state index contributed by atoms with van der Waals surface area (Å²) in [5.41, 5.74) is 0.739. The molecule has 2 aromatic rings. The maximum absolute atomic E-state index is 12.7. The number of ether oxygens (including phenoxy) is 2. The summed E-state index contributed by atoms with van der Waals surface area (Å²) in [5, 5.41) is 3.29. The van der Waals surface area contributed by atoms with Crippen molar-refractivity contribution in [2.75, 3.05) is 50.8 Å². The summed E-state index contributed by atoms with van der Waals surface area (Å²) in [6, 6.07) is 11.7. The standard InChI is InChI=1S/C24H26ClN3O5/c25-18-5-1-2-6-21(18)32-15-20(29)17-7-8-22-19(13-17)28(24(31)16-33-22)14-23(30)26-9-12-27-10-3-4-11-27/h1-2,5-8,13H,3-4,9-12,14-16H2,(H,26,30). The van der Waals surface area contributed by atoms with Gasteiger partial charge < -0.3 is 19.7 Å². The van der Waals surface area contributed by atoms with E-state index in [0.717, 1.165) is 19.6 Å². The van der Waals surface area contributed by atoms with Gasteiger partial charge in [0.15, 0.2) is 19.0 Å². The van der Waals surface area contributed by atoms with Crippen LogP contribution in [0.5, 0.6) is 11.5 Å². The average molecular weight is 472 g/mol. The minimum Gasteiger partial charge on any atom is -0.484 e. The molecule has 9 heteroatoms. The quantitative estimate of drug-likeness (QED) is 0.565. The molecule has 0 radical (unpaired) electrons. The molecule has 2 amide bonds. The summed E-state index contributed by atoms with van der Waals surface area (Å²) in [4.78, 5) is 41.3. The van der Waals surface area contributed by atoms with Gasteiger partial charge in [-0.3, -0.25) is 19.3 Å². The zero-order chi connectivity index (χ0) is 23.2. The topological polar surface area (TPSA) is 88.2 Å². The van der Waals surface area contributed by atoms with Crippen LogP contribution in [0.1, 0.15) is 23.2 Å². The highest BCUT2D eigenvalue weighted by molar-refractivity contribution is 6.32. The predicted molar refractivity (Wildman–Crippen MR) is 124 cm³/mol. The molecule has 0 unspecified atom stereocenters. The summed E-state index contributed by atoms with van der Waals surface area (Å²) < 4.78 is 11.0. The molecule has 0 aliphatic carbocycles. The molecule has 174 valence electrons. The third kappa shape index (κ3) is 5.83. The van der Waals surface area contributed by atoms with Crippen LogP contribution in [0, 0.1) is 0 Å². The van der Waals surface area contributed by atoms with Crippen molar-refractivity contribution in [1.82, 2.24) is 10.2 Å².